The molecule has 5 nitrogen and oxygen atoms in total. The second-order valence-electron chi connectivity index (χ2n) is 4.99. The summed E-state index contributed by atoms with van der Waals surface area (Å²) >= 11 is 5.93. The fourth-order valence-corrected chi connectivity index (χ4v) is 3.70. The molecule has 0 atom stereocenters. The van der Waals surface area contributed by atoms with Crippen LogP contribution in [0.2, 0.25) is 5.15 Å². The zero-order valence-electron chi connectivity index (χ0n) is 10.3. The number of hydrogen-bond acceptors (Lipinski definition) is 3. The first kappa shape index (κ1) is 13.3. The number of imidazole rings is 1. The second kappa shape index (κ2) is 4.22. The van der Waals surface area contributed by atoms with Crippen molar-refractivity contribution in [2.75, 3.05) is 0 Å². The van der Waals surface area contributed by atoms with Crippen LogP contribution in [0.25, 0.3) is 5.65 Å². The summed E-state index contributed by atoms with van der Waals surface area (Å²) in [6.45, 7) is 5.30. The van der Waals surface area contributed by atoms with E-state index in [2.05, 4.69) is 9.71 Å². The lowest BCUT2D eigenvalue weighted by atomic mass is 10.1. The number of fused-ring (bicyclic) bond motifs is 1. The first-order chi connectivity index (χ1) is 8.21. The molecule has 0 saturated carbocycles. The molecular weight excluding hydrogens is 274 g/mol. The lowest BCUT2D eigenvalue weighted by Crippen LogP contribution is -2.41. The number of hydrogen-bond donors (Lipinski definition) is 1. The van der Waals surface area contributed by atoms with Crippen LogP contribution < -0.4 is 4.72 Å². The fraction of sp³-hybridized carbons (Fsp3) is 0.364. The smallest absolute Gasteiger partial charge is 0.260 e. The summed E-state index contributed by atoms with van der Waals surface area (Å²) in [5, 5.41) is -0.0624. The Morgan fingerprint density at radius 1 is 1.33 bits per heavy atom. The molecule has 2 aromatic heterocycles. The maximum atomic E-state index is 12.3. The van der Waals surface area contributed by atoms with E-state index in [-0.39, 0.29) is 10.2 Å². The van der Waals surface area contributed by atoms with Gasteiger partial charge in [0.1, 0.15) is 5.65 Å². The van der Waals surface area contributed by atoms with E-state index in [0.717, 1.165) is 0 Å². The van der Waals surface area contributed by atoms with Crippen molar-refractivity contribution in [2.24, 2.45) is 0 Å². The predicted molar refractivity (Wildman–Crippen MR) is 70.3 cm³/mol. The number of sulfonamides is 1. The van der Waals surface area contributed by atoms with Gasteiger partial charge in [0, 0.05) is 11.7 Å². The number of halogens is 1. The summed E-state index contributed by atoms with van der Waals surface area (Å²) in [4.78, 5) is 4.02. The van der Waals surface area contributed by atoms with Gasteiger partial charge in [-0.3, -0.25) is 4.40 Å². The molecule has 2 heterocycles. The Kier molecular flexibility index (Phi) is 3.12. The highest BCUT2D eigenvalue weighted by molar-refractivity contribution is 7.89. The van der Waals surface area contributed by atoms with Crippen molar-refractivity contribution >= 4 is 27.3 Å². The van der Waals surface area contributed by atoms with Gasteiger partial charge in [-0.25, -0.2) is 18.1 Å². The van der Waals surface area contributed by atoms with Gasteiger partial charge in [0.2, 0.25) is 0 Å². The second-order valence-corrected chi connectivity index (χ2v) is 6.95. The number of aromatic nitrogens is 2. The standard InChI is InChI=1S/C11H14ClN3O2S/c1-11(2,3)14-18(16,17)10-9(12)13-8-6-4-5-7-15(8)10/h4-7,14H,1-3H3. The Hall–Kier alpha value is -1.11. The third kappa shape index (κ3) is 2.50. The minimum absolute atomic E-state index is 0.0297. The highest BCUT2D eigenvalue weighted by atomic mass is 35.5. The van der Waals surface area contributed by atoms with E-state index in [1.165, 1.54) is 4.40 Å². The summed E-state index contributed by atoms with van der Waals surface area (Å²) in [6, 6.07) is 5.19. The molecule has 2 rings (SSSR count). The maximum Gasteiger partial charge on any atom is 0.260 e. The molecule has 0 aliphatic carbocycles. The Bertz CT molecular complexity index is 686. The van der Waals surface area contributed by atoms with Gasteiger partial charge in [-0.05, 0) is 32.9 Å². The molecule has 0 bridgehead atoms. The van der Waals surface area contributed by atoms with Crippen molar-refractivity contribution in [3.8, 4) is 0 Å². The van der Waals surface area contributed by atoms with Crippen molar-refractivity contribution in [1.29, 1.82) is 0 Å². The Labute approximate surface area is 111 Å². The number of pyridine rings is 1. The number of nitrogens with one attached hydrogen (secondary N) is 1. The van der Waals surface area contributed by atoms with Crippen LogP contribution in [-0.2, 0) is 10.0 Å². The minimum atomic E-state index is -3.71. The van der Waals surface area contributed by atoms with Crippen LogP contribution >= 0.6 is 11.6 Å². The van der Waals surface area contributed by atoms with Crippen LogP contribution in [0.1, 0.15) is 20.8 Å². The van der Waals surface area contributed by atoms with Gasteiger partial charge >= 0.3 is 0 Å². The van der Waals surface area contributed by atoms with Gasteiger partial charge in [0.15, 0.2) is 10.2 Å². The fourth-order valence-electron chi connectivity index (χ4n) is 1.64. The summed E-state index contributed by atoms with van der Waals surface area (Å²) in [5.74, 6) is 0. The van der Waals surface area contributed by atoms with Crippen LogP contribution in [0.3, 0.4) is 0 Å². The van der Waals surface area contributed by atoms with E-state index in [9.17, 15) is 8.42 Å². The number of nitrogens with zero attached hydrogens (tertiary/aromatic N) is 2. The van der Waals surface area contributed by atoms with Gasteiger partial charge in [-0.2, -0.15) is 0 Å². The van der Waals surface area contributed by atoms with Gasteiger partial charge in [-0.1, -0.05) is 17.7 Å². The zero-order valence-corrected chi connectivity index (χ0v) is 11.9. The van der Waals surface area contributed by atoms with Crippen molar-refractivity contribution < 1.29 is 8.42 Å². The molecule has 98 valence electrons. The molecule has 0 saturated heterocycles. The molecule has 0 fully saturated rings. The van der Waals surface area contributed by atoms with Gasteiger partial charge in [0.25, 0.3) is 10.0 Å². The lowest BCUT2D eigenvalue weighted by molar-refractivity contribution is 0.489. The molecule has 18 heavy (non-hydrogen) atoms. The molecule has 2 aromatic rings. The van der Waals surface area contributed by atoms with E-state index in [0.29, 0.717) is 5.65 Å². The topological polar surface area (TPSA) is 63.5 Å². The van der Waals surface area contributed by atoms with Gasteiger partial charge < -0.3 is 0 Å². The third-order valence-corrected chi connectivity index (χ3v) is 4.30. The van der Waals surface area contributed by atoms with Crippen LogP contribution in [0, 0.1) is 0 Å². The Balaban J connectivity index is 2.64. The normalized spacial score (nSPS) is 13.1. The van der Waals surface area contributed by atoms with Gasteiger partial charge in [-0.15, -0.1) is 0 Å². The monoisotopic (exact) mass is 287 g/mol. The Morgan fingerprint density at radius 3 is 2.61 bits per heavy atom. The first-order valence-electron chi connectivity index (χ1n) is 5.37. The van der Waals surface area contributed by atoms with Gasteiger partial charge in [0.05, 0.1) is 0 Å². The average Bonchev–Trinajstić information content (AvgIpc) is 2.49. The molecule has 0 amide bonds. The Morgan fingerprint density at radius 2 is 2.00 bits per heavy atom. The largest absolute Gasteiger partial charge is 0.288 e. The molecule has 0 spiro atoms. The molecule has 0 unspecified atom stereocenters. The van der Waals surface area contributed by atoms with E-state index >= 15 is 0 Å². The molecule has 7 heteroatoms. The minimum Gasteiger partial charge on any atom is -0.288 e. The highest BCUT2D eigenvalue weighted by Crippen LogP contribution is 2.23. The van der Waals surface area contributed by atoms with E-state index in [1.54, 1.807) is 45.2 Å². The quantitative estimate of drug-likeness (QED) is 0.919. The first-order valence-corrected chi connectivity index (χ1v) is 7.23. The van der Waals surface area contributed by atoms with Crippen LogP contribution in [0.5, 0.6) is 0 Å². The van der Waals surface area contributed by atoms with E-state index in [4.69, 9.17) is 11.6 Å². The highest BCUT2D eigenvalue weighted by Gasteiger charge is 2.28. The van der Waals surface area contributed by atoms with Crippen LogP contribution in [0.15, 0.2) is 29.4 Å². The number of rotatable bonds is 2. The van der Waals surface area contributed by atoms with Crippen molar-refractivity contribution in [3.05, 3.63) is 29.5 Å². The van der Waals surface area contributed by atoms with Crippen molar-refractivity contribution in [3.63, 3.8) is 0 Å². The van der Waals surface area contributed by atoms with Crippen molar-refractivity contribution in [2.45, 2.75) is 31.3 Å². The summed E-state index contributed by atoms with van der Waals surface area (Å²) in [7, 11) is -3.71. The SMILES string of the molecule is CC(C)(C)NS(=O)(=O)c1c(Cl)nc2ccccn12. The molecule has 0 aliphatic heterocycles. The summed E-state index contributed by atoms with van der Waals surface area (Å²) in [6.07, 6.45) is 1.62. The van der Waals surface area contributed by atoms with E-state index in [1.807, 2.05) is 0 Å². The molecule has 0 aromatic carbocycles. The summed E-state index contributed by atoms with van der Waals surface area (Å²) in [5.41, 5.74) is -0.0852. The molecule has 0 aliphatic rings. The van der Waals surface area contributed by atoms with Crippen LogP contribution in [0.4, 0.5) is 0 Å². The summed E-state index contributed by atoms with van der Waals surface area (Å²) < 4.78 is 28.6. The predicted octanol–water partition coefficient (Wildman–Crippen LogP) is 2.06. The molecule has 1 N–H and O–H groups in total. The maximum absolute atomic E-state index is 12.3. The average molecular weight is 288 g/mol. The molecule has 0 radical (unpaired) electrons. The third-order valence-electron chi connectivity index (χ3n) is 2.14. The zero-order chi connectivity index (χ0) is 13.6. The van der Waals surface area contributed by atoms with Crippen LogP contribution in [-0.4, -0.2) is 23.3 Å². The van der Waals surface area contributed by atoms with Crippen molar-refractivity contribution in [1.82, 2.24) is 14.1 Å². The molecular formula is C11H14ClN3O2S. The van der Waals surface area contributed by atoms with E-state index < -0.39 is 15.6 Å². The lowest BCUT2D eigenvalue weighted by Gasteiger charge is -2.20.